The second-order valence-corrected chi connectivity index (χ2v) is 15.6. The maximum absolute atomic E-state index is 7.46. The van der Waals surface area contributed by atoms with Crippen LogP contribution >= 0.6 is 0 Å². The highest BCUT2D eigenvalue weighted by Gasteiger charge is 2.51. The van der Waals surface area contributed by atoms with Gasteiger partial charge < -0.3 is 28.4 Å². The zero-order chi connectivity index (χ0) is 41.1. The molecule has 0 spiro atoms. The van der Waals surface area contributed by atoms with Crippen molar-refractivity contribution in [3.05, 3.63) is 215 Å². The van der Waals surface area contributed by atoms with Gasteiger partial charge >= 0.3 is 0 Å². The van der Waals surface area contributed by atoms with Gasteiger partial charge in [-0.05, 0) is 39.8 Å². The van der Waals surface area contributed by atoms with Crippen molar-refractivity contribution in [1.29, 1.82) is 0 Å². The fourth-order valence-electron chi connectivity index (χ4n) is 8.05. The van der Waals surface area contributed by atoms with Crippen LogP contribution in [0.25, 0.3) is 0 Å². The predicted molar refractivity (Wildman–Crippen MR) is 238 cm³/mol. The highest BCUT2D eigenvalue weighted by Crippen LogP contribution is 2.42. The molecule has 0 radical (unpaired) electrons. The molecule has 1 aliphatic heterocycles. The molecule has 6 aromatic carbocycles. The van der Waals surface area contributed by atoms with Crippen molar-refractivity contribution in [2.45, 2.75) is 102 Å². The van der Waals surface area contributed by atoms with E-state index >= 15 is 0 Å². The highest BCUT2D eigenvalue weighted by atomic mass is 16.7. The summed E-state index contributed by atoms with van der Waals surface area (Å²) in [5.41, 5.74) is 5.25. The lowest BCUT2D eigenvalue weighted by atomic mass is 9.80. The Bertz CT molecular complexity index is 1940. The van der Waals surface area contributed by atoms with E-state index in [-0.39, 0.29) is 6.61 Å². The molecule has 0 saturated carbocycles. The fraction of sp³-hybridized carbons (Fsp3) is 0.333. The monoisotopic (exact) mass is 804 g/mol. The highest BCUT2D eigenvalue weighted by molar-refractivity contribution is 5.47. The van der Waals surface area contributed by atoms with E-state index in [0.29, 0.717) is 26.4 Å². The Balaban J connectivity index is 1.25. The number of ether oxygens (including phenoxy) is 6. The number of benzene rings is 6. The van der Waals surface area contributed by atoms with E-state index in [1.165, 1.54) is 25.7 Å². The summed E-state index contributed by atoms with van der Waals surface area (Å²) < 4.78 is 42.0. The zero-order valence-electron chi connectivity index (χ0n) is 34.9. The van der Waals surface area contributed by atoms with E-state index in [1.807, 2.05) is 72.8 Å². The Kier molecular flexibility index (Phi) is 16.7. The van der Waals surface area contributed by atoms with E-state index in [9.17, 15) is 0 Å². The summed E-state index contributed by atoms with van der Waals surface area (Å²) in [4.78, 5) is 0. The molecule has 0 bridgehead atoms. The Morgan fingerprint density at radius 1 is 0.467 bits per heavy atom. The van der Waals surface area contributed by atoms with Gasteiger partial charge in [-0.25, -0.2) is 0 Å². The van der Waals surface area contributed by atoms with Crippen LogP contribution in [0.2, 0.25) is 0 Å². The average molecular weight is 805 g/mol. The first-order valence-corrected chi connectivity index (χ1v) is 21.8. The lowest BCUT2D eigenvalue weighted by Crippen LogP contribution is -2.46. The van der Waals surface area contributed by atoms with Crippen molar-refractivity contribution in [2.75, 3.05) is 13.2 Å². The summed E-state index contributed by atoms with van der Waals surface area (Å²) in [6.45, 7) is 4.09. The van der Waals surface area contributed by atoms with Gasteiger partial charge in [-0.15, -0.1) is 0 Å². The second-order valence-electron chi connectivity index (χ2n) is 15.6. The molecule has 1 fully saturated rings. The first-order chi connectivity index (χ1) is 29.7. The first kappa shape index (κ1) is 43.2. The topological polar surface area (TPSA) is 55.4 Å². The molecule has 6 aromatic rings. The Morgan fingerprint density at radius 2 is 0.883 bits per heavy atom. The number of hydrogen-bond donors (Lipinski definition) is 0. The third kappa shape index (κ3) is 11.7. The summed E-state index contributed by atoms with van der Waals surface area (Å²) in [5.74, 6) is 0. The standard InChI is InChI=1S/C54H60O6/c1-2-3-4-5-6-25-38-55-53-52(58-41-45-30-17-9-18-31-45)51(57-40-44-28-15-8-16-29-44)50(60-53)49(56-39-43-26-13-7-14-27-43)42-59-54(46-32-19-10-20-33-46,47-34-21-11-22-35-47)48-36-23-12-24-37-48/h7-24,26-37,49-53H,2-6,25,38-42H2,1H3/t49-,50-,51+,52-,53-/m1/s1. The molecule has 1 aliphatic rings. The van der Waals surface area contributed by atoms with Gasteiger partial charge in [0.25, 0.3) is 0 Å². The van der Waals surface area contributed by atoms with Crippen LogP contribution < -0.4 is 0 Å². The van der Waals surface area contributed by atoms with Crippen LogP contribution in [0.15, 0.2) is 182 Å². The van der Waals surface area contributed by atoms with Crippen molar-refractivity contribution in [3.63, 3.8) is 0 Å². The molecule has 0 aromatic heterocycles. The Labute approximate surface area is 357 Å². The van der Waals surface area contributed by atoms with Gasteiger partial charge in [0.15, 0.2) is 6.29 Å². The largest absolute Gasteiger partial charge is 0.368 e. The van der Waals surface area contributed by atoms with E-state index in [0.717, 1.165) is 46.2 Å². The van der Waals surface area contributed by atoms with Crippen LogP contribution in [0, 0.1) is 0 Å². The van der Waals surface area contributed by atoms with Crippen molar-refractivity contribution < 1.29 is 28.4 Å². The summed E-state index contributed by atoms with van der Waals surface area (Å²) in [7, 11) is 0. The van der Waals surface area contributed by atoms with Gasteiger partial charge in [-0.2, -0.15) is 0 Å². The van der Waals surface area contributed by atoms with Crippen LogP contribution in [0.4, 0.5) is 0 Å². The minimum absolute atomic E-state index is 0.178. The van der Waals surface area contributed by atoms with Crippen LogP contribution in [0.3, 0.4) is 0 Å². The van der Waals surface area contributed by atoms with Crippen LogP contribution in [-0.2, 0) is 53.8 Å². The van der Waals surface area contributed by atoms with Crippen LogP contribution in [-0.4, -0.2) is 43.9 Å². The van der Waals surface area contributed by atoms with Crippen molar-refractivity contribution in [1.82, 2.24) is 0 Å². The summed E-state index contributed by atoms with van der Waals surface area (Å²) >= 11 is 0. The number of unbranched alkanes of at least 4 members (excludes halogenated alkanes) is 5. The summed E-state index contributed by atoms with van der Waals surface area (Å²) in [5, 5.41) is 0. The van der Waals surface area contributed by atoms with Gasteiger partial charge in [0.2, 0.25) is 0 Å². The van der Waals surface area contributed by atoms with Gasteiger partial charge in [0.1, 0.15) is 30.0 Å². The predicted octanol–water partition coefficient (Wildman–Crippen LogP) is 11.9. The molecule has 60 heavy (non-hydrogen) atoms. The average Bonchev–Trinajstić information content (AvgIpc) is 3.66. The minimum atomic E-state index is -0.964. The van der Waals surface area contributed by atoms with Gasteiger partial charge in [0.05, 0.1) is 26.4 Å². The minimum Gasteiger partial charge on any atom is -0.368 e. The van der Waals surface area contributed by atoms with E-state index in [1.54, 1.807) is 0 Å². The lowest BCUT2D eigenvalue weighted by Gasteiger charge is -2.38. The molecule has 5 atom stereocenters. The van der Waals surface area contributed by atoms with E-state index < -0.39 is 36.3 Å². The molecule has 312 valence electrons. The molecule has 0 N–H and O–H groups in total. The lowest BCUT2D eigenvalue weighted by molar-refractivity contribution is -0.201. The Hall–Kier alpha value is -4.92. The summed E-state index contributed by atoms with van der Waals surface area (Å²) in [6, 6.07) is 62.1. The normalized spacial score (nSPS) is 18.4. The maximum atomic E-state index is 7.46. The zero-order valence-corrected chi connectivity index (χ0v) is 34.9. The molecule has 0 amide bonds. The fourth-order valence-corrected chi connectivity index (χ4v) is 8.05. The maximum Gasteiger partial charge on any atom is 0.186 e. The Morgan fingerprint density at radius 3 is 1.37 bits per heavy atom. The molecule has 1 saturated heterocycles. The van der Waals surface area contributed by atoms with Crippen LogP contribution in [0.1, 0.15) is 78.8 Å². The van der Waals surface area contributed by atoms with Gasteiger partial charge in [0, 0.05) is 6.61 Å². The van der Waals surface area contributed by atoms with Crippen LogP contribution in [0.5, 0.6) is 0 Å². The molecule has 0 aliphatic carbocycles. The van der Waals surface area contributed by atoms with Gasteiger partial charge in [-0.1, -0.05) is 221 Å². The second kappa shape index (κ2) is 23.2. The molecule has 0 unspecified atom stereocenters. The van der Waals surface area contributed by atoms with Crippen molar-refractivity contribution in [3.8, 4) is 0 Å². The SMILES string of the molecule is CCCCCCCCO[C@@H]1O[C@H]([C@@H](COC(c2ccccc2)(c2ccccc2)c2ccccc2)OCc2ccccc2)[C@H](OCc2ccccc2)[C@H]1OCc1ccccc1. The number of rotatable bonds is 24. The number of hydrogen-bond acceptors (Lipinski definition) is 6. The van der Waals surface area contributed by atoms with E-state index in [4.69, 9.17) is 28.4 Å². The smallest absolute Gasteiger partial charge is 0.186 e. The molecular formula is C54H60O6. The van der Waals surface area contributed by atoms with Crippen molar-refractivity contribution in [2.24, 2.45) is 0 Å². The van der Waals surface area contributed by atoms with E-state index in [2.05, 4.69) is 116 Å². The quantitative estimate of drug-likeness (QED) is 0.0449. The third-order valence-electron chi connectivity index (χ3n) is 11.2. The van der Waals surface area contributed by atoms with Gasteiger partial charge in [-0.3, -0.25) is 0 Å². The molecule has 6 nitrogen and oxygen atoms in total. The molecule has 6 heteroatoms. The molecular weight excluding hydrogens is 745 g/mol. The summed E-state index contributed by atoms with van der Waals surface area (Å²) in [6.07, 6.45) is 4.01. The van der Waals surface area contributed by atoms with Crippen molar-refractivity contribution >= 4 is 0 Å². The molecule has 1 heterocycles. The molecule has 7 rings (SSSR count). The first-order valence-electron chi connectivity index (χ1n) is 21.8. The third-order valence-corrected chi connectivity index (χ3v) is 11.2.